The highest BCUT2D eigenvalue weighted by Gasteiger charge is 2.25. The molecule has 2 saturated heterocycles. The van der Waals surface area contributed by atoms with Crippen molar-refractivity contribution >= 4 is 23.3 Å². The number of nitrogens with zero attached hydrogens (tertiary/aromatic N) is 5. The third-order valence-electron chi connectivity index (χ3n) is 6.12. The van der Waals surface area contributed by atoms with E-state index in [0.29, 0.717) is 50.3 Å². The molecule has 2 amide bonds. The van der Waals surface area contributed by atoms with Gasteiger partial charge in [-0.25, -0.2) is 0 Å². The number of carbonyl (C=O) groups is 2. The summed E-state index contributed by atoms with van der Waals surface area (Å²) >= 11 is 0. The lowest BCUT2D eigenvalue weighted by Gasteiger charge is -2.35. The molecule has 33 heavy (non-hydrogen) atoms. The molecule has 1 aromatic heterocycles. The second-order valence-electron chi connectivity index (χ2n) is 8.32. The van der Waals surface area contributed by atoms with Crippen molar-refractivity contribution in [1.29, 1.82) is 0 Å². The predicted octanol–water partition coefficient (Wildman–Crippen LogP) is 2.04. The number of likely N-dealkylation sites (N-methyl/N-ethyl adjacent to an activating group) is 1. The highest BCUT2D eigenvalue weighted by molar-refractivity contribution is 6.03. The van der Waals surface area contributed by atoms with E-state index in [2.05, 4.69) is 33.8 Å². The van der Waals surface area contributed by atoms with Crippen molar-refractivity contribution in [2.45, 2.75) is 18.9 Å². The van der Waals surface area contributed by atoms with Gasteiger partial charge in [0, 0.05) is 44.0 Å². The SMILES string of the molecule is C=CC(=O)N1CCN(c2cc(C(=O)Nc3ccccc3)nc(OC[C@@H]3CCCN3C)n2)CC1. The smallest absolute Gasteiger partial charge is 0.319 e. The van der Waals surface area contributed by atoms with Gasteiger partial charge in [-0.1, -0.05) is 24.8 Å². The van der Waals surface area contributed by atoms with Crippen LogP contribution in [0.2, 0.25) is 0 Å². The first kappa shape index (κ1) is 22.7. The van der Waals surface area contributed by atoms with Crippen molar-refractivity contribution in [3.63, 3.8) is 0 Å². The van der Waals surface area contributed by atoms with Crippen molar-refractivity contribution in [3.8, 4) is 6.01 Å². The largest absolute Gasteiger partial charge is 0.462 e. The molecule has 1 N–H and O–H groups in total. The van der Waals surface area contributed by atoms with Crippen molar-refractivity contribution < 1.29 is 14.3 Å². The molecule has 174 valence electrons. The number of piperazine rings is 1. The summed E-state index contributed by atoms with van der Waals surface area (Å²) in [4.78, 5) is 39.9. The molecule has 0 aliphatic carbocycles. The topological polar surface area (TPSA) is 90.9 Å². The first-order valence-electron chi connectivity index (χ1n) is 11.3. The van der Waals surface area contributed by atoms with E-state index in [9.17, 15) is 9.59 Å². The molecule has 3 heterocycles. The Balaban J connectivity index is 1.53. The van der Waals surface area contributed by atoms with Crippen molar-refractivity contribution in [2.24, 2.45) is 0 Å². The average molecular weight is 451 g/mol. The van der Waals surface area contributed by atoms with Crippen LogP contribution < -0.4 is 15.0 Å². The van der Waals surface area contributed by atoms with E-state index >= 15 is 0 Å². The molecule has 0 unspecified atom stereocenters. The minimum absolute atomic E-state index is 0.0787. The average Bonchev–Trinajstić information content (AvgIpc) is 3.27. The number of ether oxygens (including phenoxy) is 1. The van der Waals surface area contributed by atoms with Crippen LogP contribution in [0.15, 0.2) is 49.1 Å². The zero-order valence-corrected chi connectivity index (χ0v) is 18.9. The van der Waals surface area contributed by atoms with Crippen LogP contribution in [0.3, 0.4) is 0 Å². The number of rotatable bonds is 7. The van der Waals surface area contributed by atoms with Gasteiger partial charge < -0.3 is 24.8 Å². The van der Waals surface area contributed by atoms with Crippen molar-refractivity contribution in [2.75, 3.05) is 56.6 Å². The summed E-state index contributed by atoms with van der Waals surface area (Å²) in [5.74, 6) is 0.210. The fourth-order valence-electron chi connectivity index (χ4n) is 4.12. The standard InChI is InChI=1S/C24H30N6O3/c1-3-22(31)30-14-12-29(13-15-30)21-16-20(23(32)25-18-8-5-4-6-9-18)26-24(27-21)33-17-19-10-7-11-28(19)2/h3-6,8-9,16,19H,1,7,10-15,17H2,2H3,(H,25,32)/t19-/m0/s1. The summed E-state index contributed by atoms with van der Waals surface area (Å²) in [6, 6.07) is 11.4. The molecule has 4 rings (SSSR count). The fraction of sp³-hybridized carbons (Fsp3) is 0.417. The van der Waals surface area contributed by atoms with Gasteiger partial charge in [-0.2, -0.15) is 9.97 Å². The van der Waals surface area contributed by atoms with Gasteiger partial charge in [-0.05, 0) is 44.6 Å². The van der Waals surface area contributed by atoms with E-state index in [1.165, 1.54) is 6.08 Å². The van der Waals surface area contributed by atoms with Crippen LogP contribution >= 0.6 is 0 Å². The second kappa shape index (κ2) is 10.4. The molecule has 9 nitrogen and oxygen atoms in total. The Morgan fingerprint density at radius 2 is 1.91 bits per heavy atom. The van der Waals surface area contributed by atoms with Gasteiger partial charge in [0.1, 0.15) is 18.1 Å². The Morgan fingerprint density at radius 1 is 1.15 bits per heavy atom. The van der Waals surface area contributed by atoms with Crippen LogP contribution in [0, 0.1) is 0 Å². The minimum Gasteiger partial charge on any atom is -0.462 e. The third-order valence-corrected chi connectivity index (χ3v) is 6.12. The number of aromatic nitrogens is 2. The van der Waals surface area contributed by atoms with Crippen molar-refractivity contribution in [1.82, 2.24) is 19.8 Å². The number of hydrogen-bond donors (Lipinski definition) is 1. The summed E-state index contributed by atoms with van der Waals surface area (Å²) in [6.45, 7) is 7.40. The molecule has 0 radical (unpaired) electrons. The Morgan fingerprint density at radius 3 is 2.58 bits per heavy atom. The van der Waals surface area contributed by atoms with Gasteiger partial charge >= 0.3 is 6.01 Å². The lowest BCUT2D eigenvalue weighted by molar-refractivity contribution is -0.126. The first-order chi connectivity index (χ1) is 16.0. The molecular weight excluding hydrogens is 420 g/mol. The highest BCUT2D eigenvalue weighted by Crippen LogP contribution is 2.21. The highest BCUT2D eigenvalue weighted by atomic mass is 16.5. The van der Waals surface area contributed by atoms with Crippen LogP contribution in [-0.2, 0) is 4.79 Å². The van der Waals surface area contributed by atoms with E-state index < -0.39 is 0 Å². The molecular formula is C24H30N6O3. The molecule has 2 aliphatic rings. The monoisotopic (exact) mass is 450 g/mol. The Kier molecular flexibility index (Phi) is 7.19. The molecule has 0 bridgehead atoms. The van der Waals surface area contributed by atoms with Gasteiger partial charge in [-0.3, -0.25) is 9.59 Å². The van der Waals surface area contributed by atoms with Crippen molar-refractivity contribution in [3.05, 3.63) is 54.7 Å². The number of hydrogen-bond acceptors (Lipinski definition) is 7. The summed E-state index contributed by atoms with van der Waals surface area (Å²) in [5.41, 5.74) is 0.928. The Hall–Kier alpha value is -3.46. The molecule has 0 spiro atoms. The van der Waals surface area contributed by atoms with Crippen LogP contribution in [0.5, 0.6) is 6.01 Å². The van der Waals surface area contributed by atoms with Gasteiger partial charge in [0.25, 0.3) is 5.91 Å². The molecule has 2 fully saturated rings. The normalized spacial score (nSPS) is 18.8. The number of benzene rings is 1. The first-order valence-corrected chi connectivity index (χ1v) is 11.3. The summed E-state index contributed by atoms with van der Waals surface area (Å²) < 4.78 is 5.96. The van der Waals surface area contributed by atoms with E-state index in [0.717, 1.165) is 19.4 Å². The second-order valence-corrected chi connectivity index (χ2v) is 8.32. The number of anilines is 2. The lowest BCUT2D eigenvalue weighted by Crippen LogP contribution is -2.48. The van der Waals surface area contributed by atoms with Gasteiger partial charge in [-0.15, -0.1) is 0 Å². The third kappa shape index (κ3) is 5.67. The Bertz CT molecular complexity index is 991. The number of carbonyl (C=O) groups excluding carboxylic acids is 2. The van der Waals surface area contributed by atoms with E-state index in [1.807, 2.05) is 35.2 Å². The summed E-state index contributed by atoms with van der Waals surface area (Å²) in [6.07, 6.45) is 3.54. The fourth-order valence-corrected chi connectivity index (χ4v) is 4.12. The zero-order valence-electron chi connectivity index (χ0n) is 18.9. The molecule has 1 aromatic carbocycles. The molecule has 9 heteroatoms. The maximum Gasteiger partial charge on any atom is 0.319 e. The molecule has 2 aliphatic heterocycles. The van der Waals surface area contributed by atoms with Crippen LogP contribution in [0.25, 0.3) is 0 Å². The van der Waals surface area contributed by atoms with E-state index in [4.69, 9.17) is 4.74 Å². The number of para-hydroxylation sites is 1. The maximum atomic E-state index is 12.9. The minimum atomic E-state index is -0.326. The molecule has 0 saturated carbocycles. The van der Waals surface area contributed by atoms with Crippen LogP contribution in [0.1, 0.15) is 23.3 Å². The number of nitrogens with one attached hydrogen (secondary N) is 1. The van der Waals surface area contributed by atoms with Crippen LogP contribution in [0.4, 0.5) is 11.5 Å². The molecule has 2 aromatic rings. The molecule has 1 atom stereocenters. The number of amides is 2. The predicted molar refractivity (Wildman–Crippen MR) is 127 cm³/mol. The van der Waals surface area contributed by atoms with E-state index in [1.54, 1.807) is 11.0 Å². The summed E-state index contributed by atoms with van der Waals surface area (Å²) in [7, 11) is 2.08. The Labute approximate surface area is 194 Å². The zero-order chi connectivity index (χ0) is 23.2. The maximum absolute atomic E-state index is 12.9. The van der Waals surface area contributed by atoms with Gasteiger partial charge in [0.15, 0.2) is 0 Å². The van der Waals surface area contributed by atoms with E-state index in [-0.39, 0.29) is 23.5 Å². The quantitative estimate of drug-likeness (QED) is 0.646. The number of likely N-dealkylation sites (tertiary alicyclic amines) is 1. The summed E-state index contributed by atoms with van der Waals surface area (Å²) in [5, 5.41) is 2.87. The lowest BCUT2D eigenvalue weighted by atomic mass is 10.2. The van der Waals surface area contributed by atoms with Crippen LogP contribution in [-0.4, -0.2) is 84.0 Å². The van der Waals surface area contributed by atoms with Gasteiger partial charge in [0.2, 0.25) is 5.91 Å². The van der Waals surface area contributed by atoms with Gasteiger partial charge in [0.05, 0.1) is 0 Å².